The molecule has 0 aliphatic carbocycles. The van der Waals surface area contributed by atoms with Crippen LogP contribution in [-0.2, 0) is 9.59 Å². The Balaban J connectivity index is 1.49. The van der Waals surface area contributed by atoms with E-state index in [9.17, 15) is 14.9 Å². The third-order valence-corrected chi connectivity index (χ3v) is 8.10. The summed E-state index contributed by atoms with van der Waals surface area (Å²) in [4.78, 5) is 29.0. The zero-order chi connectivity index (χ0) is 29.5. The Morgan fingerprint density at radius 2 is 1.43 bits per heavy atom. The summed E-state index contributed by atoms with van der Waals surface area (Å²) in [6.07, 6.45) is 0. The molecule has 0 bridgehead atoms. The van der Waals surface area contributed by atoms with Crippen LogP contribution in [0.15, 0.2) is 137 Å². The number of thioether (sulfide) groups is 1. The first-order valence-electron chi connectivity index (χ1n) is 13.3. The van der Waals surface area contributed by atoms with Gasteiger partial charge in [0.25, 0.3) is 5.91 Å². The van der Waals surface area contributed by atoms with Crippen molar-refractivity contribution in [3.8, 4) is 6.07 Å². The zero-order valence-corrected chi connectivity index (χ0v) is 24.3. The number of allylic oxidation sites excluding steroid dienone is 2. The molecule has 0 spiro atoms. The van der Waals surface area contributed by atoms with E-state index in [4.69, 9.17) is 11.6 Å². The maximum absolute atomic E-state index is 13.7. The molecule has 0 saturated carbocycles. The molecule has 2 amide bonds. The van der Waals surface area contributed by atoms with Gasteiger partial charge in [-0.1, -0.05) is 96.2 Å². The highest BCUT2D eigenvalue weighted by Crippen LogP contribution is 2.43. The molecule has 1 aliphatic rings. The quantitative estimate of drug-likeness (QED) is 0.219. The van der Waals surface area contributed by atoms with Crippen molar-refractivity contribution in [1.29, 1.82) is 5.26 Å². The van der Waals surface area contributed by atoms with Crippen molar-refractivity contribution >= 4 is 52.2 Å². The van der Waals surface area contributed by atoms with E-state index in [1.54, 1.807) is 36.1 Å². The highest BCUT2D eigenvalue weighted by atomic mass is 35.5. The minimum Gasteiger partial charge on any atom is -0.353 e. The number of nitrogens with one attached hydrogen (secondary N) is 2. The fourth-order valence-corrected chi connectivity index (χ4v) is 6.04. The van der Waals surface area contributed by atoms with Crippen LogP contribution in [0.25, 0.3) is 0 Å². The Labute approximate surface area is 254 Å². The topological polar surface area (TPSA) is 85.2 Å². The number of anilines is 3. The van der Waals surface area contributed by atoms with Gasteiger partial charge in [-0.25, -0.2) is 0 Å². The van der Waals surface area contributed by atoms with Crippen molar-refractivity contribution < 1.29 is 9.59 Å². The Bertz CT molecular complexity index is 1660. The molecule has 5 rings (SSSR count). The number of nitriles is 1. The van der Waals surface area contributed by atoms with E-state index in [0.717, 1.165) is 11.4 Å². The van der Waals surface area contributed by atoms with Gasteiger partial charge < -0.3 is 10.6 Å². The standard InChI is InChI=1S/C34H27ClN4O2S/c1-23-31(33(41)38-24-13-5-2-6-14-24)32(27-19-11-12-20-29(27)35)28(21-36)34(37-23)42-22-30(40)39(25-15-7-3-8-16-25)26-17-9-4-10-18-26/h2-20,32,37H,22H2,1H3,(H,38,41)/t32-/m0/s1. The van der Waals surface area contributed by atoms with Gasteiger partial charge in [-0.15, -0.1) is 0 Å². The lowest BCUT2D eigenvalue weighted by molar-refractivity contribution is -0.115. The van der Waals surface area contributed by atoms with E-state index in [1.807, 2.05) is 91.0 Å². The van der Waals surface area contributed by atoms with Crippen molar-refractivity contribution in [2.24, 2.45) is 0 Å². The Hall–Kier alpha value is -4.77. The third-order valence-electron chi connectivity index (χ3n) is 6.76. The van der Waals surface area contributed by atoms with Crippen molar-refractivity contribution in [3.05, 3.63) is 148 Å². The summed E-state index contributed by atoms with van der Waals surface area (Å²) in [5, 5.41) is 17.6. The maximum atomic E-state index is 13.7. The minimum atomic E-state index is -0.731. The van der Waals surface area contributed by atoms with Crippen LogP contribution in [0.5, 0.6) is 0 Å². The summed E-state index contributed by atoms with van der Waals surface area (Å²) in [5.41, 5.74) is 4.02. The van der Waals surface area contributed by atoms with Gasteiger partial charge in [0, 0.05) is 33.4 Å². The van der Waals surface area contributed by atoms with E-state index in [-0.39, 0.29) is 17.6 Å². The lowest BCUT2D eigenvalue weighted by Crippen LogP contribution is -2.32. The van der Waals surface area contributed by atoms with Crippen LogP contribution in [0.3, 0.4) is 0 Å². The van der Waals surface area contributed by atoms with E-state index >= 15 is 0 Å². The first kappa shape index (κ1) is 28.7. The summed E-state index contributed by atoms with van der Waals surface area (Å²) in [6, 6.07) is 37.5. The number of dihydropyridines is 1. The van der Waals surface area contributed by atoms with Crippen LogP contribution in [0.1, 0.15) is 18.4 Å². The smallest absolute Gasteiger partial charge is 0.254 e. The summed E-state index contributed by atoms with van der Waals surface area (Å²) in [7, 11) is 0. The third kappa shape index (κ3) is 6.26. The Morgan fingerprint density at radius 1 is 0.881 bits per heavy atom. The molecule has 42 heavy (non-hydrogen) atoms. The average molecular weight is 591 g/mol. The molecule has 6 nitrogen and oxygen atoms in total. The van der Waals surface area contributed by atoms with E-state index in [1.165, 1.54) is 11.8 Å². The van der Waals surface area contributed by atoms with Crippen LogP contribution in [0.4, 0.5) is 17.1 Å². The summed E-state index contributed by atoms with van der Waals surface area (Å²) in [6.45, 7) is 1.79. The van der Waals surface area contributed by atoms with Gasteiger partial charge in [0.2, 0.25) is 5.91 Å². The monoisotopic (exact) mass is 590 g/mol. The molecule has 0 saturated heterocycles. The van der Waals surface area contributed by atoms with Crippen LogP contribution < -0.4 is 15.5 Å². The highest BCUT2D eigenvalue weighted by Gasteiger charge is 2.36. The van der Waals surface area contributed by atoms with Gasteiger partial charge in [0.05, 0.1) is 28.3 Å². The number of hydrogen-bond acceptors (Lipinski definition) is 5. The molecular weight excluding hydrogens is 564 g/mol. The number of amides is 2. The molecule has 4 aromatic rings. The number of rotatable bonds is 8. The van der Waals surface area contributed by atoms with E-state index in [2.05, 4.69) is 16.7 Å². The van der Waals surface area contributed by atoms with Crippen molar-refractivity contribution in [3.63, 3.8) is 0 Å². The SMILES string of the molecule is CC1=C(C(=O)Nc2ccccc2)[C@@H](c2ccccc2Cl)C(C#N)=C(SCC(=O)N(c2ccccc2)c2ccccc2)N1. The molecular formula is C34H27ClN4O2S. The van der Waals surface area contributed by atoms with Gasteiger partial charge in [-0.05, 0) is 55.0 Å². The highest BCUT2D eigenvalue weighted by molar-refractivity contribution is 8.03. The van der Waals surface area contributed by atoms with Crippen LogP contribution >= 0.6 is 23.4 Å². The van der Waals surface area contributed by atoms with E-state index in [0.29, 0.717) is 38.1 Å². The van der Waals surface area contributed by atoms with Gasteiger partial charge in [-0.2, -0.15) is 5.26 Å². The molecule has 0 aromatic heterocycles. The summed E-state index contributed by atoms with van der Waals surface area (Å²) < 4.78 is 0. The second-order valence-corrected chi connectivity index (χ2v) is 10.9. The second-order valence-electron chi connectivity index (χ2n) is 9.48. The van der Waals surface area contributed by atoms with Crippen molar-refractivity contribution in [2.75, 3.05) is 16.0 Å². The summed E-state index contributed by atoms with van der Waals surface area (Å²) in [5.74, 6) is -1.19. The van der Waals surface area contributed by atoms with Crippen LogP contribution in [-0.4, -0.2) is 17.6 Å². The molecule has 0 unspecified atom stereocenters. The molecule has 1 heterocycles. The molecule has 0 fully saturated rings. The number of hydrogen-bond donors (Lipinski definition) is 2. The van der Waals surface area contributed by atoms with Gasteiger partial charge in [0.15, 0.2) is 0 Å². The number of benzene rings is 4. The lowest BCUT2D eigenvalue weighted by Gasteiger charge is -2.30. The summed E-state index contributed by atoms with van der Waals surface area (Å²) >= 11 is 7.86. The largest absolute Gasteiger partial charge is 0.353 e. The molecule has 2 N–H and O–H groups in total. The lowest BCUT2D eigenvalue weighted by atomic mass is 9.82. The van der Waals surface area contributed by atoms with Crippen molar-refractivity contribution in [1.82, 2.24) is 5.32 Å². The molecule has 0 radical (unpaired) electrons. The Morgan fingerprint density at radius 3 is 2.00 bits per heavy atom. The van der Waals surface area contributed by atoms with Crippen LogP contribution in [0, 0.1) is 11.3 Å². The second kappa shape index (κ2) is 13.3. The van der Waals surface area contributed by atoms with E-state index < -0.39 is 5.92 Å². The van der Waals surface area contributed by atoms with Crippen molar-refractivity contribution in [2.45, 2.75) is 12.8 Å². The first-order chi connectivity index (χ1) is 20.5. The number of carbonyl (C=O) groups is 2. The fraction of sp³-hybridized carbons (Fsp3) is 0.0882. The average Bonchev–Trinajstić information content (AvgIpc) is 3.01. The molecule has 8 heteroatoms. The number of carbonyl (C=O) groups excluding carboxylic acids is 2. The normalized spacial score (nSPS) is 14.5. The van der Waals surface area contributed by atoms with Gasteiger partial charge >= 0.3 is 0 Å². The first-order valence-corrected chi connectivity index (χ1v) is 14.6. The maximum Gasteiger partial charge on any atom is 0.254 e. The number of para-hydroxylation sites is 3. The zero-order valence-electron chi connectivity index (χ0n) is 22.8. The number of nitrogens with zero attached hydrogens (tertiary/aromatic N) is 2. The van der Waals surface area contributed by atoms with Gasteiger partial charge in [-0.3, -0.25) is 14.5 Å². The van der Waals surface area contributed by atoms with Crippen LogP contribution in [0.2, 0.25) is 5.02 Å². The predicted molar refractivity (Wildman–Crippen MR) is 170 cm³/mol. The Kier molecular flexibility index (Phi) is 9.08. The predicted octanol–water partition coefficient (Wildman–Crippen LogP) is 7.77. The van der Waals surface area contributed by atoms with Gasteiger partial charge in [0.1, 0.15) is 0 Å². The fourth-order valence-electron chi connectivity index (χ4n) is 4.86. The molecule has 208 valence electrons. The minimum absolute atomic E-state index is 0.0470. The molecule has 1 atom stereocenters. The number of halogens is 1. The molecule has 1 aliphatic heterocycles. The molecule has 4 aromatic carbocycles.